The van der Waals surface area contributed by atoms with E-state index in [4.69, 9.17) is 10.5 Å². The maximum atomic E-state index is 5.81. The number of hydrogen-bond acceptors (Lipinski definition) is 4. The third kappa shape index (κ3) is 4.03. The average molecular weight is 271 g/mol. The molecule has 106 valence electrons. The van der Waals surface area contributed by atoms with Crippen LogP contribution in [-0.2, 0) is 6.42 Å². The molecule has 1 aromatic heterocycles. The van der Waals surface area contributed by atoms with Gasteiger partial charge < -0.3 is 10.5 Å². The molecule has 2 rings (SSSR count). The van der Waals surface area contributed by atoms with Crippen LogP contribution in [0.25, 0.3) is 11.3 Å². The van der Waals surface area contributed by atoms with Crippen molar-refractivity contribution in [3.05, 3.63) is 42.4 Å². The second-order valence-corrected chi connectivity index (χ2v) is 5.64. The Labute approximate surface area is 120 Å². The van der Waals surface area contributed by atoms with Gasteiger partial charge in [0.25, 0.3) is 0 Å². The Bertz CT molecular complexity index is 559. The van der Waals surface area contributed by atoms with Crippen molar-refractivity contribution < 1.29 is 4.74 Å². The fourth-order valence-electron chi connectivity index (χ4n) is 1.86. The Hall–Kier alpha value is -1.94. The van der Waals surface area contributed by atoms with Gasteiger partial charge >= 0.3 is 0 Å². The smallest absolute Gasteiger partial charge is 0.130 e. The fraction of sp³-hybridized carbons (Fsp3) is 0.375. The van der Waals surface area contributed by atoms with E-state index in [-0.39, 0.29) is 5.60 Å². The van der Waals surface area contributed by atoms with E-state index in [9.17, 15) is 0 Å². The normalized spacial score (nSPS) is 11.4. The van der Waals surface area contributed by atoms with Crippen molar-refractivity contribution in [2.24, 2.45) is 5.73 Å². The largest absolute Gasteiger partial charge is 0.488 e. The lowest BCUT2D eigenvalue weighted by atomic mass is 10.1. The molecule has 2 N–H and O–H groups in total. The topological polar surface area (TPSA) is 61.0 Å². The van der Waals surface area contributed by atoms with E-state index in [2.05, 4.69) is 9.97 Å². The molecule has 0 fully saturated rings. The number of nitrogens with two attached hydrogens (primary N) is 1. The number of ether oxygens (including phenoxy) is 1. The fourth-order valence-corrected chi connectivity index (χ4v) is 1.86. The molecular formula is C16H21N3O. The molecule has 2 aromatic rings. The van der Waals surface area contributed by atoms with Crippen LogP contribution < -0.4 is 10.5 Å². The molecule has 4 heteroatoms. The van der Waals surface area contributed by atoms with Crippen LogP contribution in [0.5, 0.6) is 5.75 Å². The van der Waals surface area contributed by atoms with Gasteiger partial charge in [-0.15, -0.1) is 0 Å². The highest BCUT2D eigenvalue weighted by molar-refractivity contribution is 5.59. The molecule has 0 spiro atoms. The monoisotopic (exact) mass is 271 g/mol. The van der Waals surface area contributed by atoms with Crippen LogP contribution >= 0.6 is 0 Å². The molecule has 1 aromatic carbocycles. The number of hydrogen-bond donors (Lipinski definition) is 1. The van der Waals surface area contributed by atoms with Gasteiger partial charge in [-0.25, -0.2) is 9.97 Å². The Balaban J connectivity index is 2.19. The molecule has 0 bridgehead atoms. The standard InChI is InChI=1S/C16H21N3O/c1-16(2,3)20-13-6-4-12(5-7-13)14-9-11-18-15(19-14)8-10-17/h4-7,9,11H,8,10,17H2,1-3H3. The van der Waals surface area contributed by atoms with Crippen LogP contribution in [0.1, 0.15) is 26.6 Å². The second-order valence-electron chi connectivity index (χ2n) is 5.64. The van der Waals surface area contributed by atoms with Gasteiger partial charge in [0.1, 0.15) is 17.2 Å². The van der Waals surface area contributed by atoms with Crippen molar-refractivity contribution in [3.8, 4) is 17.0 Å². The van der Waals surface area contributed by atoms with E-state index in [1.165, 1.54) is 0 Å². The molecule has 0 saturated carbocycles. The lowest BCUT2D eigenvalue weighted by Crippen LogP contribution is -2.22. The van der Waals surface area contributed by atoms with Crippen LogP contribution in [0.4, 0.5) is 0 Å². The average Bonchev–Trinajstić information content (AvgIpc) is 2.38. The molecule has 1 heterocycles. The van der Waals surface area contributed by atoms with Crippen molar-refractivity contribution in [2.45, 2.75) is 32.8 Å². The van der Waals surface area contributed by atoms with E-state index in [0.717, 1.165) is 22.8 Å². The summed E-state index contributed by atoms with van der Waals surface area (Å²) in [5.74, 6) is 1.64. The maximum Gasteiger partial charge on any atom is 0.130 e. The van der Waals surface area contributed by atoms with Gasteiger partial charge in [0.05, 0.1) is 5.69 Å². The minimum atomic E-state index is -0.190. The molecule has 0 amide bonds. The van der Waals surface area contributed by atoms with Crippen molar-refractivity contribution in [3.63, 3.8) is 0 Å². The predicted octanol–water partition coefficient (Wildman–Crippen LogP) is 2.82. The molecular weight excluding hydrogens is 250 g/mol. The zero-order valence-electron chi connectivity index (χ0n) is 12.3. The molecule has 0 saturated heterocycles. The van der Waals surface area contributed by atoms with Crippen LogP contribution in [0.15, 0.2) is 36.5 Å². The highest BCUT2D eigenvalue weighted by atomic mass is 16.5. The molecule has 0 unspecified atom stereocenters. The number of aromatic nitrogens is 2. The number of benzene rings is 1. The van der Waals surface area contributed by atoms with Crippen molar-refractivity contribution in [2.75, 3.05) is 6.54 Å². The summed E-state index contributed by atoms with van der Waals surface area (Å²) in [5.41, 5.74) is 7.30. The number of rotatable bonds is 4. The lowest BCUT2D eigenvalue weighted by Gasteiger charge is -2.21. The Morgan fingerprint density at radius 3 is 2.40 bits per heavy atom. The zero-order valence-corrected chi connectivity index (χ0v) is 12.3. The van der Waals surface area contributed by atoms with E-state index in [0.29, 0.717) is 13.0 Å². The molecule has 4 nitrogen and oxygen atoms in total. The Kier molecular flexibility index (Phi) is 4.35. The van der Waals surface area contributed by atoms with Crippen LogP contribution in [0, 0.1) is 0 Å². The van der Waals surface area contributed by atoms with Crippen molar-refractivity contribution in [1.82, 2.24) is 9.97 Å². The summed E-state index contributed by atoms with van der Waals surface area (Å²) in [6, 6.07) is 9.85. The van der Waals surface area contributed by atoms with E-state index < -0.39 is 0 Å². The molecule has 0 radical (unpaired) electrons. The predicted molar refractivity (Wildman–Crippen MR) is 80.6 cm³/mol. The molecule has 0 aliphatic rings. The molecule has 0 aliphatic heterocycles. The summed E-state index contributed by atoms with van der Waals surface area (Å²) in [5, 5.41) is 0. The van der Waals surface area contributed by atoms with Gasteiger partial charge in [-0.05, 0) is 57.6 Å². The van der Waals surface area contributed by atoms with Gasteiger partial charge in [0, 0.05) is 18.2 Å². The Morgan fingerprint density at radius 1 is 1.10 bits per heavy atom. The second kappa shape index (κ2) is 6.01. The maximum absolute atomic E-state index is 5.81. The van der Waals surface area contributed by atoms with E-state index in [1.54, 1.807) is 6.20 Å². The number of nitrogens with zero attached hydrogens (tertiary/aromatic N) is 2. The summed E-state index contributed by atoms with van der Waals surface area (Å²) < 4.78 is 5.81. The summed E-state index contributed by atoms with van der Waals surface area (Å²) >= 11 is 0. The first kappa shape index (κ1) is 14.5. The van der Waals surface area contributed by atoms with Crippen molar-refractivity contribution in [1.29, 1.82) is 0 Å². The summed E-state index contributed by atoms with van der Waals surface area (Å²) in [7, 11) is 0. The Morgan fingerprint density at radius 2 is 1.80 bits per heavy atom. The summed E-state index contributed by atoms with van der Waals surface area (Å²) in [6.07, 6.45) is 2.46. The lowest BCUT2D eigenvalue weighted by molar-refractivity contribution is 0.131. The van der Waals surface area contributed by atoms with Crippen LogP contribution in [-0.4, -0.2) is 22.1 Å². The molecule has 0 aliphatic carbocycles. The molecule has 0 atom stereocenters. The first-order valence-electron chi connectivity index (χ1n) is 6.79. The quantitative estimate of drug-likeness (QED) is 0.929. The first-order chi connectivity index (χ1) is 9.48. The minimum absolute atomic E-state index is 0.190. The van der Waals surface area contributed by atoms with E-state index in [1.807, 2.05) is 51.1 Å². The van der Waals surface area contributed by atoms with E-state index >= 15 is 0 Å². The third-order valence-corrected chi connectivity index (χ3v) is 2.65. The summed E-state index contributed by atoms with van der Waals surface area (Å²) in [4.78, 5) is 8.71. The highest BCUT2D eigenvalue weighted by Crippen LogP contribution is 2.23. The first-order valence-corrected chi connectivity index (χ1v) is 6.79. The van der Waals surface area contributed by atoms with Gasteiger partial charge in [0.2, 0.25) is 0 Å². The highest BCUT2D eigenvalue weighted by Gasteiger charge is 2.11. The van der Waals surface area contributed by atoms with Crippen LogP contribution in [0.2, 0.25) is 0 Å². The zero-order chi connectivity index (χ0) is 14.6. The minimum Gasteiger partial charge on any atom is -0.488 e. The van der Waals surface area contributed by atoms with Crippen LogP contribution in [0.3, 0.4) is 0 Å². The van der Waals surface area contributed by atoms with Gasteiger partial charge in [-0.3, -0.25) is 0 Å². The van der Waals surface area contributed by atoms with Gasteiger partial charge in [0.15, 0.2) is 0 Å². The van der Waals surface area contributed by atoms with Gasteiger partial charge in [-0.1, -0.05) is 0 Å². The molecule has 20 heavy (non-hydrogen) atoms. The SMILES string of the molecule is CC(C)(C)Oc1ccc(-c2ccnc(CCN)n2)cc1. The van der Waals surface area contributed by atoms with Crippen molar-refractivity contribution >= 4 is 0 Å². The summed E-state index contributed by atoms with van der Waals surface area (Å²) in [6.45, 7) is 6.65. The third-order valence-electron chi connectivity index (χ3n) is 2.65. The van der Waals surface area contributed by atoms with Gasteiger partial charge in [-0.2, -0.15) is 0 Å².